The fourth-order valence-electron chi connectivity index (χ4n) is 3.55. The van der Waals surface area contributed by atoms with Crippen molar-refractivity contribution >= 4 is 23.4 Å². The maximum absolute atomic E-state index is 12.5. The lowest BCUT2D eigenvalue weighted by Crippen LogP contribution is -2.57. The van der Waals surface area contributed by atoms with Crippen molar-refractivity contribution in [1.29, 1.82) is 0 Å². The van der Waals surface area contributed by atoms with E-state index in [0.29, 0.717) is 17.8 Å². The Morgan fingerprint density at radius 2 is 2.17 bits per heavy atom. The molecule has 7 nitrogen and oxygen atoms in total. The van der Waals surface area contributed by atoms with Crippen LogP contribution in [-0.4, -0.2) is 57.1 Å². The Hall–Kier alpha value is -1.67. The average molecular weight is 429 g/mol. The van der Waals surface area contributed by atoms with E-state index in [1.807, 2.05) is 13.8 Å². The van der Waals surface area contributed by atoms with Gasteiger partial charge in [-0.25, -0.2) is 0 Å². The van der Waals surface area contributed by atoms with Crippen LogP contribution in [0.5, 0.6) is 0 Å². The van der Waals surface area contributed by atoms with Gasteiger partial charge in [-0.1, -0.05) is 31.9 Å². The summed E-state index contributed by atoms with van der Waals surface area (Å²) in [6, 6.07) is 0. The number of fused-ring (bicyclic) bond motifs is 1. The number of halogens is 1. The normalized spacial score (nSPS) is 31.5. The second kappa shape index (κ2) is 8.60. The van der Waals surface area contributed by atoms with Gasteiger partial charge in [0.15, 0.2) is 5.60 Å². The number of ether oxygens (including phenoxy) is 2. The number of Topliss-reactive ketones (excluding diaryl/α,β-unsaturated/α-hetero) is 1. The molecule has 0 aromatic carbocycles. The van der Waals surface area contributed by atoms with Crippen LogP contribution in [0.25, 0.3) is 0 Å². The molecule has 0 saturated heterocycles. The SMILES string of the molecule is CC[C@H](C)[C@@H](O)[C@@](C)(O)C=CC1=CC2=C(Cl)C(=O)[C@](C)(O)[C@H](OC(C)=O)[C@@H]2CO1. The summed E-state index contributed by atoms with van der Waals surface area (Å²) in [5.74, 6) is -1.79. The van der Waals surface area contributed by atoms with Gasteiger partial charge in [-0.2, -0.15) is 0 Å². The molecule has 3 N–H and O–H groups in total. The number of aliphatic hydroxyl groups is 3. The molecular weight excluding hydrogens is 400 g/mol. The largest absolute Gasteiger partial charge is 0.493 e. The van der Waals surface area contributed by atoms with Gasteiger partial charge >= 0.3 is 5.97 Å². The van der Waals surface area contributed by atoms with Crippen molar-refractivity contribution in [2.45, 2.75) is 64.4 Å². The minimum absolute atomic E-state index is 0.0131. The summed E-state index contributed by atoms with van der Waals surface area (Å²) in [5.41, 5.74) is -3.06. The maximum atomic E-state index is 12.5. The minimum Gasteiger partial charge on any atom is -0.493 e. The number of ketones is 1. The van der Waals surface area contributed by atoms with Crippen molar-refractivity contribution in [3.63, 3.8) is 0 Å². The zero-order valence-electron chi connectivity index (χ0n) is 17.3. The van der Waals surface area contributed by atoms with Crippen LogP contribution in [-0.2, 0) is 19.1 Å². The molecule has 0 bridgehead atoms. The lowest BCUT2D eigenvalue weighted by Gasteiger charge is -2.42. The first-order chi connectivity index (χ1) is 13.3. The number of rotatable bonds is 6. The lowest BCUT2D eigenvalue weighted by atomic mass is 9.74. The average Bonchev–Trinajstić information content (AvgIpc) is 2.66. The molecule has 1 aliphatic heterocycles. The Bertz CT molecular complexity index is 763. The first kappa shape index (κ1) is 23.6. The number of hydrogen-bond acceptors (Lipinski definition) is 7. The predicted octanol–water partition coefficient (Wildman–Crippen LogP) is 1.99. The molecule has 6 atom stereocenters. The van der Waals surface area contributed by atoms with Gasteiger partial charge < -0.3 is 24.8 Å². The van der Waals surface area contributed by atoms with E-state index in [-0.39, 0.29) is 17.6 Å². The van der Waals surface area contributed by atoms with Gasteiger partial charge in [0, 0.05) is 6.92 Å². The second-order valence-electron chi connectivity index (χ2n) is 8.13. The van der Waals surface area contributed by atoms with Gasteiger partial charge in [0.25, 0.3) is 0 Å². The van der Waals surface area contributed by atoms with Crippen LogP contribution in [0.1, 0.15) is 41.0 Å². The Morgan fingerprint density at radius 3 is 2.72 bits per heavy atom. The smallest absolute Gasteiger partial charge is 0.303 e. The topological polar surface area (TPSA) is 113 Å². The molecule has 1 heterocycles. The van der Waals surface area contributed by atoms with E-state index in [9.17, 15) is 24.9 Å². The summed E-state index contributed by atoms with van der Waals surface area (Å²) in [6.45, 7) is 7.72. The standard InChI is InChI=1S/C21H29ClO7/c1-6-11(2)17(24)20(4,26)8-7-13-9-14-15(10-28-13)19(29-12(3)23)21(5,27)18(25)16(14)22/h7-9,11,15,17,19,24,26-27H,6,10H2,1-5H3/t11-,15+,17+,19+,20-,21-/m0/s1. The lowest BCUT2D eigenvalue weighted by molar-refractivity contribution is -0.174. The number of aliphatic hydroxyl groups excluding tert-OH is 1. The van der Waals surface area contributed by atoms with E-state index in [1.54, 1.807) is 0 Å². The van der Waals surface area contributed by atoms with Crippen LogP contribution in [0.15, 0.2) is 34.6 Å². The minimum atomic E-state index is -1.97. The number of carbonyl (C=O) groups excluding carboxylic acids is 2. The molecule has 0 aromatic heterocycles. The van der Waals surface area contributed by atoms with E-state index in [2.05, 4.69) is 0 Å². The third-order valence-corrected chi connectivity index (χ3v) is 6.01. The summed E-state index contributed by atoms with van der Waals surface area (Å²) in [6.07, 6.45) is 3.03. The van der Waals surface area contributed by atoms with Gasteiger partial charge in [-0.3, -0.25) is 9.59 Å². The van der Waals surface area contributed by atoms with Crippen LogP contribution < -0.4 is 0 Å². The summed E-state index contributed by atoms with van der Waals surface area (Å²) in [5, 5.41) is 31.3. The molecule has 8 heteroatoms. The van der Waals surface area contributed by atoms with Crippen molar-refractivity contribution in [2.75, 3.05) is 6.61 Å². The highest BCUT2D eigenvalue weighted by Crippen LogP contribution is 2.41. The van der Waals surface area contributed by atoms with E-state index in [1.165, 1.54) is 39.0 Å². The highest BCUT2D eigenvalue weighted by Gasteiger charge is 2.53. The molecular formula is C21H29ClO7. The van der Waals surface area contributed by atoms with Crippen molar-refractivity contribution < 1.29 is 34.4 Å². The molecule has 0 amide bonds. The van der Waals surface area contributed by atoms with E-state index >= 15 is 0 Å². The van der Waals surface area contributed by atoms with Crippen molar-refractivity contribution in [1.82, 2.24) is 0 Å². The highest BCUT2D eigenvalue weighted by atomic mass is 35.5. The molecule has 162 valence electrons. The summed E-state index contributed by atoms with van der Waals surface area (Å²) >= 11 is 6.21. The number of allylic oxidation sites excluding steroid dienone is 2. The summed E-state index contributed by atoms with van der Waals surface area (Å²) in [7, 11) is 0. The van der Waals surface area contributed by atoms with Crippen LogP contribution in [0.4, 0.5) is 0 Å². The Morgan fingerprint density at radius 1 is 1.55 bits per heavy atom. The molecule has 0 aromatic rings. The Balaban J connectivity index is 2.35. The number of hydrogen-bond donors (Lipinski definition) is 3. The fraction of sp³-hybridized carbons (Fsp3) is 0.619. The Kier molecular flexibility index (Phi) is 7.00. The molecule has 0 radical (unpaired) electrons. The predicted molar refractivity (Wildman–Crippen MR) is 107 cm³/mol. The van der Waals surface area contributed by atoms with Crippen molar-refractivity contribution in [3.05, 3.63) is 34.6 Å². The van der Waals surface area contributed by atoms with Gasteiger partial charge in [-0.15, -0.1) is 0 Å². The van der Waals surface area contributed by atoms with E-state index in [0.717, 1.165) is 0 Å². The monoisotopic (exact) mass is 428 g/mol. The second-order valence-corrected chi connectivity index (χ2v) is 8.51. The van der Waals surface area contributed by atoms with Crippen LogP contribution >= 0.6 is 11.6 Å². The molecule has 0 spiro atoms. The molecule has 2 rings (SSSR count). The molecule has 1 aliphatic carbocycles. The van der Waals surface area contributed by atoms with Crippen molar-refractivity contribution in [2.24, 2.45) is 11.8 Å². The van der Waals surface area contributed by atoms with E-state index < -0.39 is 41.1 Å². The molecule has 0 saturated carbocycles. The van der Waals surface area contributed by atoms with Crippen LogP contribution in [0, 0.1) is 11.8 Å². The Labute approximate surface area is 175 Å². The van der Waals surface area contributed by atoms with Gasteiger partial charge in [0.2, 0.25) is 5.78 Å². The molecule has 29 heavy (non-hydrogen) atoms. The first-order valence-electron chi connectivity index (χ1n) is 9.61. The molecule has 2 aliphatic rings. The quantitative estimate of drug-likeness (QED) is 0.554. The zero-order chi connectivity index (χ0) is 22.1. The first-order valence-corrected chi connectivity index (χ1v) is 9.98. The summed E-state index contributed by atoms with van der Waals surface area (Å²) in [4.78, 5) is 24.0. The third kappa shape index (κ3) is 4.74. The van der Waals surface area contributed by atoms with Gasteiger partial charge in [-0.05, 0) is 43.6 Å². The van der Waals surface area contributed by atoms with E-state index in [4.69, 9.17) is 21.1 Å². The molecule has 0 unspecified atom stereocenters. The van der Waals surface area contributed by atoms with Crippen molar-refractivity contribution in [3.8, 4) is 0 Å². The number of carbonyl (C=O) groups is 2. The number of esters is 1. The van der Waals surface area contributed by atoms with Gasteiger partial charge in [0.05, 0.1) is 23.7 Å². The molecule has 0 fully saturated rings. The van der Waals surface area contributed by atoms with Crippen LogP contribution in [0.3, 0.4) is 0 Å². The third-order valence-electron chi connectivity index (χ3n) is 5.62. The maximum Gasteiger partial charge on any atom is 0.303 e. The zero-order valence-corrected chi connectivity index (χ0v) is 18.1. The fourth-order valence-corrected chi connectivity index (χ4v) is 3.94. The highest BCUT2D eigenvalue weighted by molar-refractivity contribution is 6.44. The van der Waals surface area contributed by atoms with Gasteiger partial charge in [0.1, 0.15) is 17.5 Å². The van der Waals surface area contributed by atoms with Crippen LogP contribution in [0.2, 0.25) is 0 Å². The summed E-state index contributed by atoms with van der Waals surface area (Å²) < 4.78 is 10.9.